The van der Waals surface area contributed by atoms with Crippen LogP contribution < -0.4 is 0 Å². The Balaban J connectivity index is 1.70. The van der Waals surface area contributed by atoms with Gasteiger partial charge in [0.1, 0.15) is 0 Å². The average molecular weight is 412 g/mol. The molecular formula is C18H13BrF3NO2. The van der Waals surface area contributed by atoms with Gasteiger partial charge < -0.3 is 10.2 Å². The topological polar surface area (TPSA) is 45.4 Å². The van der Waals surface area contributed by atoms with Gasteiger partial charge in [0.25, 0.3) is 0 Å². The molecule has 0 aliphatic heterocycles. The second-order valence-corrected chi connectivity index (χ2v) is 7.90. The molecule has 7 heteroatoms. The van der Waals surface area contributed by atoms with Gasteiger partial charge >= 0.3 is 6.18 Å². The quantitative estimate of drug-likeness (QED) is 0.633. The maximum atomic E-state index is 13.2. The summed E-state index contributed by atoms with van der Waals surface area (Å²) in [5.41, 5.74) is 0.648. The van der Waals surface area contributed by atoms with Crippen molar-refractivity contribution in [2.24, 2.45) is 5.41 Å². The SMILES string of the molecule is Oc1c2c(c(O)n1-c1ccc(Br)c(C(F)(F)F)c1)[C@@H]1C=CC2C12CC2. The lowest BCUT2D eigenvalue weighted by molar-refractivity contribution is -0.138. The number of fused-ring (bicyclic) bond motifs is 3. The zero-order valence-corrected chi connectivity index (χ0v) is 14.4. The van der Waals surface area contributed by atoms with E-state index in [1.165, 1.54) is 12.1 Å². The van der Waals surface area contributed by atoms with E-state index in [4.69, 9.17) is 0 Å². The van der Waals surface area contributed by atoms with E-state index in [0.717, 1.165) is 23.5 Å². The average Bonchev–Trinajstić information content (AvgIpc) is 3.13. The Hall–Kier alpha value is -1.89. The highest BCUT2D eigenvalue weighted by Crippen LogP contribution is 2.76. The highest BCUT2D eigenvalue weighted by molar-refractivity contribution is 9.10. The number of benzene rings is 1. The molecule has 1 spiro atoms. The minimum atomic E-state index is -4.53. The molecular weight excluding hydrogens is 399 g/mol. The van der Waals surface area contributed by atoms with Crippen LogP contribution in [0.3, 0.4) is 0 Å². The lowest BCUT2D eigenvalue weighted by Gasteiger charge is -2.17. The van der Waals surface area contributed by atoms with Crippen LogP contribution in [-0.4, -0.2) is 14.8 Å². The first-order chi connectivity index (χ1) is 11.8. The van der Waals surface area contributed by atoms with Crippen LogP contribution in [0.4, 0.5) is 13.2 Å². The molecule has 2 N–H and O–H groups in total. The molecule has 0 saturated heterocycles. The van der Waals surface area contributed by atoms with Crippen molar-refractivity contribution in [1.82, 2.24) is 4.57 Å². The van der Waals surface area contributed by atoms with Gasteiger partial charge in [-0.2, -0.15) is 13.2 Å². The summed E-state index contributed by atoms with van der Waals surface area (Å²) in [6.07, 6.45) is 1.64. The molecule has 1 fully saturated rings. The third-order valence-corrected chi connectivity index (χ3v) is 6.58. The van der Waals surface area contributed by atoms with Crippen LogP contribution >= 0.6 is 15.9 Å². The molecule has 3 nitrogen and oxygen atoms in total. The van der Waals surface area contributed by atoms with Gasteiger partial charge in [-0.05, 0) is 36.5 Å². The van der Waals surface area contributed by atoms with Gasteiger partial charge in [0.15, 0.2) is 0 Å². The molecule has 1 aromatic carbocycles. The highest BCUT2D eigenvalue weighted by atomic mass is 79.9. The van der Waals surface area contributed by atoms with E-state index < -0.39 is 11.7 Å². The van der Waals surface area contributed by atoms with E-state index in [0.29, 0.717) is 11.1 Å². The van der Waals surface area contributed by atoms with Crippen LogP contribution in [-0.2, 0) is 6.18 Å². The fourth-order valence-electron chi connectivity index (χ4n) is 4.64. The van der Waals surface area contributed by atoms with Crippen LogP contribution in [0, 0.1) is 5.41 Å². The van der Waals surface area contributed by atoms with Crippen LogP contribution in [0.25, 0.3) is 5.69 Å². The van der Waals surface area contributed by atoms with Gasteiger partial charge in [-0.25, -0.2) is 0 Å². The standard InChI is InChI=1S/C18H13BrF3NO2/c19-12-4-1-8(7-11(12)18(20,21)22)23-15(24)13-9-2-3-10(14(13)16(23)25)17(9)5-6-17/h1-4,7,9-10,24-25H,5-6H2/t9-,10?/m0/s1. The summed E-state index contributed by atoms with van der Waals surface area (Å²) in [5, 5.41) is 21.4. The number of hydrogen-bond acceptors (Lipinski definition) is 2. The number of hydrogen-bond donors (Lipinski definition) is 2. The van der Waals surface area contributed by atoms with Crippen molar-refractivity contribution in [2.75, 3.05) is 0 Å². The van der Waals surface area contributed by atoms with Gasteiger partial charge in [0, 0.05) is 27.4 Å². The molecule has 1 heterocycles. The molecule has 5 rings (SSSR count). The third kappa shape index (κ3) is 1.77. The maximum absolute atomic E-state index is 13.2. The van der Waals surface area contributed by atoms with Crippen molar-refractivity contribution >= 4 is 15.9 Å². The molecule has 2 atom stereocenters. The second-order valence-electron chi connectivity index (χ2n) is 7.05. The molecule has 1 saturated carbocycles. The van der Waals surface area contributed by atoms with Gasteiger partial charge in [-0.3, -0.25) is 4.57 Å². The fourth-order valence-corrected chi connectivity index (χ4v) is 5.11. The number of aromatic hydroxyl groups is 2. The largest absolute Gasteiger partial charge is 0.494 e. The first kappa shape index (κ1) is 15.4. The number of aromatic nitrogens is 1. The highest BCUT2D eigenvalue weighted by Gasteiger charge is 2.64. The number of alkyl halides is 3. The fraction of sp³-hybridized carbons (Fsp3) is 0.333. The molecule has 25 heavy (non-hydrogen) atoms. The molecule has 2 bridgehead atoms. The van der Waals surface area contributed by atoms with E-state index in [9.17, 15) is 23.4 Å². The molecule has 3 aliphatic carbocycles. The predicted octanol–water partition coefficient (Wildman–Crippen LogP) is 5.20. The van der Waals surface area contributed by atoms with Crippen LogP contribution in [0.2, 0.25) is 0 Å². The Morgan fingerprint density at radius 3 is 2.08 bits per heavy atom. The summed E-state index contributed by atoms with van der Waals surface area (Å²) in [7, 11) is 0. The molecule has 130 valence electrons. The minimum absolute atomic E-state index is 0.0391. The molecule has 1 unspecified atom stereocenters. The Kier molecular flexibility index (Phi) is 2.73. The van der Waals surface area contributed by atoms with Crippen molar-refractivity contribution in [2.45, 2.75) is 30.9 Å². The van der Waals surface area contributed by atoms with Crippen LogP contribution in [0.5, 0.6) is 11.8 Å². The van der Waals surface area contributed by atoms with E-state index in [1.54, 1.807) is 0 Å². The summed E-state index contributed by atoms with van der Waals surface area (Å²) in [5.74, 6) is -0.244. The van der Waals surface area contributed by atoms with Gasteiger partial charge in [-0.15, -0.1) is 0 Å². The van der Waals surface area contributed by atoms with Crippen LogP contribution in [0.15, 0.2) is 34.8 Å². The minimum Gasteiger partial charge on any atom is -0.494 e. The van der Waals surface area contributed by atoms with E-state index in [-0.39, 0.29) is 39.2 Å². The number of nitrogens with zero attached hydrogens (tertiary/aromatic N) is 1. The smallest absolute Gasteiger partial charge is 0.417 e. The first-order valence-electron chi connectivity index (χ1n) is 7.97. The first-order valence-corrected chi connectivity index (χ1v) is 8.77. The van der Waals surface area contributed by atoms with Crippen molar-refractivity contribution in [3.05, 3.63) is 51.5 Å². The normalized spacial score (nSPS) is 25.0. The van der Waals surface area contributed by atoms with Crippen molar-refractivity contribution in [1.29, 1.82) is 0 Å². The van der Waals surface area contributed by atoms with Crippen LogP contribution in [0.1, 0.15) is 41.4 Å². The molecule has 2 aromatic rings. The molecule has 0 radical (unpaired) electrons. The number of rotatable bonds is 1. The van der Waals surface area contributed by atoms with Gasteiger partial charge in [-0.1, -0.05) is 28.1 Å². The summed E-state index contributed by atoms with van der Waals surface area (Å²) in [6.45, 7) is 0. The zero-order chi connectivity index (χ0) is 17.7. The third-order valence-electron chi connectivity index (χ3n) is 5.89. The molecule has 0 amide bonds. The van der Waals surface area contributed by atoms with Gasteiger partial charge in [0.05, 0.1) is 11.3 Å². The van der Waals surface area contributed by atoms with E-state index in [1.807, 2.05) is 12.2 Å². The summed E-state index contributed by atoms with van der Waals surface area (Å²) < 4.78 is 40.6. The van der Waals surface area contributed by atoms with E-state index >= 15 is 0 Å². The lowest BCUT2D eigenvalue weighted by atomic mass is 9.90. The monoisotopic (exact) mass is 411 g/mol. The Bertz CT molecular complexity index is 917. The predicted molar refractivity (Wildman–Crippen MR) is 88.1 cm³/mol. The Labute approximate surface area is 149 Å². The number of allylic oxidation sites excluding steroid dienone is 2. The maximum Gasteiger partial charge on any atom is 0.417 e. The summed E-state index contributed by atoms with van der Waals surface area (Å²) in [4.78, 5) is 0. The lowest BCUT2D eigenvalue weighted by Crippen LogP contribution is -2.09. The number of halogens is 4. The van der Waals surface area contributed by atoms with Gasteiger partial charge in [0.2, 0.25) is 11.8 Å². The Morgan fingerprint density at radius 2 is 1.60 bits per heavy atom. The molecule has 1 aromatic heterocycles. The van der Waals surface area contributed by atoms with Crippen molar-refractivity contribution in [3.8, 4) is 17.4 Å². The Morgan fingerprint density at radius 1 is 1.04 bits per heavy atom. The van der Waals surface area contributed by atoms with Crippen molar-refractivity contribution < 1.29 is 23.4 Å². The molecule has 3 aliphatic rings. The second kappa shape index (κ2) is 4.44. The van der Waals surface area contributed by atoms with Crippen molar-refractivity contribution in [3.63, 3.8) is 0 Å². The zero-order valence-electron chi connectivity index (χ0n) is 12.8. The summed E-state index contributed by atoms with van der Waals surface area (Å²) in [6, 6.07) is 3.65. The van der Waals surface area contributed by atoms with E-state index in [2.05, 4.69) is 15.9 Å². The summed E-state index contributed by atoms with van der Waals surface area (Å²) >= 11 is 2.91.